The highest BCUT2D eigenvalue weighted by Gasteiger charge is 2.34. The van der Waals surface area contributed by atoms with Crippen molar-refractivity contribution in [1.82, 2.24) is 14.9 Å². The number of methoxy groups -OCH3 is 1. The van der Waals surface area contributed by atoms with Gasteiger partial charge in [0.1, 0.15) is 11.6 Å². The first-order chi connectivity index (χ1) is 11.3. The van der Waals surface area contributed by atoms with Gasteiger partial charge in [0.05, 0.1) is 18.8 Å². The van der Waals surface area contributed by atoms with Gasteiger partial charge in [-0.15, -0.1) is 0 Å². The fourth-order valence-electron chi connectivity index (χ4n) is 3.69. The van der Waals surface area contributed by atoms with Crippen molar-refractivity contribution in [3.63, 3.8) is 0 Å². The van der Waals surface area contributed by atoms with Crippen LogP contribution in [0.3, 0.4) is 0 Å². The lowest BCUT2D eigenvalue weighted by atomic mass is 10.1. The summed E-state index contributed by atoms with van der Waals surface area (Å²) in [6.45, 7) is 2.81. The van der Waals surface area contributed by atoms with Crippen LogP contribution in [-0.2, 0) is 17.6 Å². The van der Waals surface area contributed by atoms with Crippen LogP contribution in [0.15, 0.2) is 30.6 Å². The van der Waals surface area contributed by atoms with Crippen LogP contribution < -0.4 is 4.74 Å². The SMILES string of the molecule is CO[C@@H]1CC(c2ncc[nH]2)N(CCc2ccc3c(c2)CCO3)C1. The molecular weight excluding hydrogens is 290 g/mol. The molecule has 2 aliphatic rings. The first-order valence-electron chi connectivity index (χ1n) is 8.34. The van der Waals surface area contributed by atoms with Gasteiger partial charge < -0.3 is 14.5 Å². The topological polar surface area (TPSA) is 50.4 Å². The summed E-state index contributed by atoms with van der Waals surface area (Å²) >= 11 is 0. The normalized spacial score (nSPS) is 23.9. The third kappa shape index (κ3) is 2.99. The summed E-state index contributed by atoms with van der Waals surface area (Å²) in [6.07, 6.45) is 7.09. The fraction of sp³-hybridized carbons (Fsp3) is 0.500. The molecule has 122 valence electrons. The third-order valence-corrected chi connectivity index (χ3v) is 4.97. The number of nitrogens with one attached hydrogen (secondary N) is 1. The quantitative estimate of drug-likeness (QED) is 0.920. The summed E-state index contributed by atoms with van der Waals surface area (Å²) in [5.41, 5.74) is 2.73. The molecule has 0 spiro atoms. The first kappa shape index (κ1) is 14.7. The number of hydrogen-bond acceptors (Lipinski definition) is 4. The molecule has 2 aliphatic heterocycles. The molecule has 2 atom stereocenters. The van der Waals surface area contributed by atoms with Crippen molar-refractivity contribution < 1.29 is 9.47 Å². The van der Waals surface area contributed by atoms with Gasteiger partial charge >= 0.3 is 0 Å². The van der Waals surface area contributed by atoms with Crippen molar-refractivity contribution in [2.24, 2.45) is 0 Å². The maximum Gasteiger partial charge on any atom is 0.123 e. The average molecular weight is 313 g/mol. The average Bonchev–Trinajstić information content (AvgIpc) is 3.30. The Labute approximate surface area is 136 Å². The highest BCUT2D eigenvalue weighted by Crippen LogP contribution is 2.32. The molecule has 0 aliphatic carbocycles. The Kier molecular flexibility index (Phi) is 4.06. The number of likely N-dealkylation sites (tertiary alicyclic amines) is 1. The number of nitrogens with zero attached hydrogens (tertiary/aromatic N) is 2. The molecule has 0 saturated carbocycles. The Balaban J connectivity index is 1.44. The first-order valence-corrected chi connectivity index (χ1v) is 8.34. The summed E-state index contributed by atoms with van der Waals surface area (Å²) in [5, 5.41) is 0. The van der Waals surface area contributed by atoms with Gasteiger partial charge in [-0.3, -0.25) is 4.90 Å². The van der Waals surface area contributed by atoms with Crippen molar-refractivity contribution in [3.05, 3.63) is 47.5 Å². The molecule has 5 heteroatoms. The second-order valence-corrected chi connectivity index (χ2v) is 6.37. The number of aromatic nitrogens is 2. The van der Waals surface area contributed by atoms with Crippen LogP contribution in [0.2, 0.25) is 0 Å². The standard InChI is InChI=1S/C18H23N3O2/c1-22-15-11-16(18-19-6-7-20-18)21(12-15)8-4-13-2-3-17-14(10-13)5-9-23-17/h2-3,6-7,10,15-16H,4-5,8-9,11-12H2,1H3,(H,19,20)/t15-,16?/m1/s1. The van der Waals surface area contributed by atoms with Crippen molar-refractivity contribution >= 4 is 0 Å². The highest BCUT2D eigenvalue weighted by atomic mass is 16.5. The van der Waals surface area contributed by atoms with Crippen molar-refractivity contribution in [2.45, 2.75) is 31.4 Å². The zero-order valence-corrected chi connectivity index (χ0v) is 13.5. The van der Waals surface area contributed by atoms with E-state index >= 15 is 0 Å². The second-order valence-electron chi connectivity index (χ2n) is 6.37. The number of aromatic amines is 1. The molecule has 0 amide bonds. The maximum absolute atomic E-state index is 5.59. The summed E-state index contributed by atoms with van der Waals surface area (Å²) < 4.78 is 11.2. The van der Waals surface area contributed by atoms with E-state index in [1.54, 1.807) is 7.11 Å². The van der Waals surface area contributed by atoms with E-state index in [2.05, 4.69) is 33.1 Å². The Bertz CT molecular complexity index is 656. The van der Waals surface area contributed by atoms with Gasteiger partial charge in [-0.2, -0.15) is 0 Å². The zero-order chi connectivity index (χ0) is 15.6. The van der Waals surface area contributed by atoms with E-state index in [4.69, 9.17) is 9.47 Å². The van der Waals surface area contributed by atoms with Crippen molar-refractivity contribution in [2.75, 3.05) is 26.8 Å². The third-order valence-electron chi connectivity index (χ3n) is 4.97. The lowest BCUT2D eigenvalue weighted by Gasteiger charge is -2.22. The number of hydrogen-bond donors (Lipinski definition) is 1. The Morgan fingerprint density at radius 2 is 2.39 bits per heavy atom. The number of fused-ring (bicyclic) bond motifs is 1. The molecule has 0 bridgehead atoms. The fourth-order valence-corrected chi connectivity index (χ4v) is 3.69. The predicted molar refractivity (Wildman–Crippen MR) is 87.7 cm³/mol. The minimum absolute atomic E-state index is 0.290. The van der Waals surface area contributed by atoms with E-state index in [0.29, 0.717) is 12.1 Å². The van der Waals surface area contributed by atoms with Crippen LogP contribution in [0, 0.1) is 0 Å². The smallest absolute Gasteiger partial charge is 0.123 e. The van der Waals surface area contributed by atoms with E-state index in [1.807, 2.05) is 12.4 Å². The molecule has 4 rings (SSSR count). The van der Waals surface area contributed by atoms with E-state index in [-0.39, 0.29) is 0 Å². The van der Waals surface area contributed by atoms with Gasteiger partial charge in [0.25, 0.3) is 0 Å². The summed E-state index contributed by atoms with van der Waals surface area (Å²) in [5.74, 6) is 2.11. The summed E-state index contributed by atoms with van der Waals surface area (Å²) in [7, 11) is 1.80. The molecule has 1 fully saturated rings. The predicted octanol–water partition coefficient (Wildman–Crippen LogP) is 2.35. The summed E-state index contributed by atoms with van der Waals surface area (Å²) in [6, 6.07) is 6.93. The van der Waals surface area contributed by atoms with Gasteiger partial charge in [0.2, 0.25) is 0 Å². The van der Waals surface area contributed by atoms with Gasteiger partial charge in [0, 0.05) is 39.0 Å². The van der Waals surface area contributed by atoms with Crippen LogP contribution in [0.4, 0.5) is 0 Å². The number of benzene rings is 1. The lowest BCUT2D eigenvalue weighted by molar-refractivity contribution is 0.108. The molecule has 23 heavy (non-hydrogen) atoms. The van der Waals surface area contributed by atoms with Crippen LogP contribution in [0.5, 0.6) is 5.75 Å². The molecule has 1 aromatic carbocycles. The monoisotopic (exact) mass is 313 g/mol. The Morgan fingerprint density at radius 3 is 3.22 bits per heavy atom. The Morgan fingerprint density at radius 1 is 1.43 bits per heavy atom. The van der Waals surface area contributed by atoms with Crippen molar-refractivity contribution in [1.29, 1.82) is 0 Å². The minimum atomic E-state index is 0.290. The number of H-pyrrole nitrogens is 1. The van der Waals surface area contributed by atoms with Crippen LogP contribution in [-0.4, -0.2) is 47.8 Å². The molecule has 2 aromatic rings. The molecular formula is C18H23N3O2. The maximum atomic E-state index is 5.59. The van der Waals surface area contributed by atoms with E-state index < -0.39 is 0 Å². The number of ether oxygens (including phenoxy) is 2. The van der Waals surface area contributed by atoms with E-state index in [9.17, 15) is 0 Å². The highest BCUT2D eigenvalue weighted by molar-refractivity contribution is 5.39. The van der Waals surface area contributed by atoms with E-state index in [0.717, 1.165) is 50.5 Å². The molecule has 1 saturated heterocycles. The molecule has 3 heterocycles. The largest absolute Gasteiger partial charge is 0.493 e. The van der Waals surface area contributed by atoms with E-state index in [1.165, 1.54) is 11.1 Å². The zero-order valence-electron chi connectivity index (χ0n) is 13.5. The lowest BCUT2D eigenvalue weighted by Crippen LogP contribution is -2.28. The molecule has 5 nitrogen and oxygen atoms in total. The van der Waals surface area contributed by atoms with Crippen LogP contribution >= 0.6 is 0 Å². The molecule has 1 aromatic heterocycles. The van der Waals surface area contributed by atoms with Gasteiger partial charge in [-0.1, -0.05) is 12.1 Å². The minimum Gasteiger partial charge on any atom is -0.493 e. The van der Waals surface area contributed by atoms with Crippen LogP contribution in [0.25, 0.3) is 0 Å². The van der Waals surface area contributed by atoms with Gasteiger partial charge in [-0.25, -0.2) is 4.98 Å². The number of rotatable bonds is 5. The van der Waals surface area contributed by atoms with Gasteiger partial charge in [-0.05, 0) is 30.0 Å². The van der Waals surface area contributed by atoms with Gasteiger partial charge in [0.15, 0.2) is 0 Å². The molecule has 1 N–H and O–H groups in total. The Hall–Kier alpha value is -1.85. The second kappa shape index (κ2) is 6.34. The van der Waals surface area contributed by atoms with Crippen molar-refractivity contribution in [3.8, 4) is 5.75 Å². The molecule has 0 radical (unpaired) electrons. The number of imidazole rings is 1. The summed E-state index contributed by atoms with van der Waals surface area (Å²) in [4.78, 5) is 10.2. The van der Waals surface area contributed by atoms with Crippen LogP contribution in [0.1, 0.15) is 29.4 Å². The molecule has 1 unspecified atom stereocenters.